The van der Waals surface area contributed by atoms with Crippen LogP contribution in [0.5, 0.6) is 0 Å². The molecule has 0 radical (unpaired) electrons. The van der Waals surface area contributed by atoms with Gasteiger partial charge >= 0.3 is 0 Å². The Kier molecular flexibility index (Phi) is 4.62. The molecule has 0 bridgehead atoms. The maximum Gasteiger partial charge on any atom is 0.254 e. The van der Waals surface area contributed by atoms with Gasteiger partial charge in [-0.2, -0.15) is 0 Å². The molecule has 0 aliphatic heterocycles. The standard InChI is InChI=1S/C16H14F3NO/c1-2-20(10-11-4-3-5-13(17)8-11)16(21)12-6-7-14(18)15(19)9-12/h3-9H,2,10H2,1H3. The lowest BCUT2D eigenvalue weighted by Crippen LogP contribution is -2.30. The zero-order valence-corrected chi connectivity index (χ0v) is 11.4. The van der Waals surface area contributed by atoms with Crippen molar-refractivity contribution in [3.8, 4) is 0 Å². The number of nitrogens with zero attached hydrogens (tertiary/aromatic N) is 1. The van der Waals surface area contributed by atoms with Gasteiger partial charge in [0.2, 0.25) is 0 Å². The molecule has 0 aliphatic carbocycles. The van der Waals surface area contributed by atoms with Crippen molar-refractivity contribution in [2.45, 2.75) is 13.5 Å². The third-order valence-electron chi connectivity index (χ3n) is 3.10. The lowest BCUT2D eigenvalue weighted by Gasteiger charge is -2.21. The molecule has 0 fully saturated rings. The Morgan fingerprint density at radius 2 is 1.81 bits per heavy atom. The molecule has 0 atom stereocenters. The van der Waals surface area contributed by atoms with Gasteiger partial charge in [-0.3, -0.25) is 4.79 Å². The Morgan fingerprint density at radius 3 is 2.43 bits per heavy atom. The van der Waals surface area contributed by atoms with Crippen molar-refractivity contribution in [3.63, 3.8) is 0 Å². The van der Waals surface area contributed by atoms with Gasteiger partial charge in [0.05, 0.1) is 0 Å². The molecular weight excluding hydrogens is 279 g/mol. The van der Waals surface area contributed by atoms with Crippen LogP contribution in [-0.4, -0.2) is 17.4 Å². The van der Waals surface area contributed by atoms with Crippen LogP contribution in [-0.2, 0) is 6.54 Å². The van der Waals surface area contributed by atoms with Gasteiger partial charge in [0.1, 0.15) is 5.82 Å². The Balaban J connectivity index is 2.20. The summed E-state index contributed by atoms with van der Waals surface area (Å²) in [6.07, 6.45) is 0. The van der Waals surface area contributed by atoms with Crippen LogP contribution < -0.4 is 0 Å². The molecule has 0 aliphatic rings. The topological polar surface area (TPSA) is 20.3 Å². The fourth-order valence-electron chi connectivity index (χ4n) is 1.99. The minimum atomic E-state index is -1.07. The van der Waals surface area contributed by atoms with Crippen LogP contribution in [0.1, 0.15) is 22.8 Å². The summed E-state index contributed by atoms with van der Waals surface area (Å²) < 4.78 is 39.2. The summed E-state index contributed by atoms with van der Waals surface area (Å²) in [7, 11) is 0. The van der Waals surface area contributed by atoms with Crippen molar-refractivity contribution in [3.05, 3.63) is 71.0 Å². The molecule has 2 aromatic rings. The zero-order chi connectivity index (χ0) is 15.4. The first kappa shape index (κ1) is 15.1. The monoisotopic (exact) mass is 293 g/mol. The van der Waals surface area contributed by atoms with E-state index in [-0.39, 0.29) is 17.9 Å². The molecule has 0 heterocycles. The third-order valence-corrected chi connectivity index (χ3v) is 3.10. The molecule has 2 aromatic carbocycles. The van der Waals surface area contributed by atoms with Crippen LogP contribution in [0.2, 0.25) is 0 Å². The van der Waals surface area contributed by atoms with E-state index in [1.54, 1.807) is 19.1 Å². The molecule has 5 heteroatoms. The number of carbonyl (C=O) groups is 1. The van der Waals surface area contributed by atoms with E-state index in [9.17, 15) is 18.0 Å². The number of rotatable bonds is 4. The normalized spacial score (nSPS) is 10.5. The van der Waals surface area contributed by atoms with Gasteiger partial charge in [0, 0.05) is 18.7 Å². The van der Waals surface area contributed by atoms with Crippen molar-refractivity contribution in [2.75, 3.05) is 6.54 Å². The van der Waals surface area contributed by atoms with Crippen LogP contribution in [0.15, 0.2) is 42.5 Å². The van der Waals surface area contributed by atoms with Crippen LogP contribution in [0.3, 0.4) is 0 Å². The van der Waals surface area contributed by atoms with Gasteiger partial charge < -0.3 is 4.90 Å². The first-order valence-corrected chi connectivity index (χ1v) is 6.50. The molecule has 0 spiro atoms. The van der Waals surface area contributed by atoms with Gasteiger partial charge in [0.25, 0.3) is 5.91 Å². The summed E-state index contributed by atoms with van der Waals surface area (Å²) in [6.45, 7) is 2.33. The molecule has 0 unspecified atom stereocenters. The maximum atomic E-state index is 13.2. The maximum absolute atomic E-state index is 13.2. The van der Waals surface area contributed by atoms with Crippen LogP contribution >= 0.6 is 0 Å². The van der Waals surface area contributed by atoms with Crippen LogP contribution in [0.25, 0.3) is 0 Å². The summed E-state index contributed by atoms with van der Waals surface area (Å²) in [4.78, 5) is 13.7. The predicted octanol–water partition coefficient (Wildman–Crippen LogP) is 3.77. The molecule has 21 heavy (non-hydrogen) atoms. The predicted molar refractivity (Wildman–Crippen MR) is 73.2 cm³/mol. The number of amides is 1. The van der Waals surface area contributed by atoms with Gasteiger partial charge in [-0.25, -0.2) is 13.2 Å². The molecule has 0 aromatic heterocycles. The SMILES string of the molecule is CCN(Cc1cccc(F)c1)C(=O)c1ccc(F)c(F)c1. The van der Waals surface area contributed by atoms with Crippen molar-refractivity contribution in [2.24, 2.45) is 0 Å². The summed E-state index contributed by atoms with van der Waals surface area (Å²) in [5, 5.41) is 0. The summed E-state index contributed by atoms with van der Waals surface area (Å²) in [5.74, 6) is -2.88. The van der Waals surface area contributed by atoms with E-state index in [4.69, 9.17) is 0 Å². The number of halogens is 3. The van der Waals surface area contributed by atoms with Crippen molar-refractivity contribution < 1.29 is 18.0 Å². The minimum absolute atomic E-state index is 0.0622. The fourth-order valence-corrected chi connectivity index (χ4v) is 1.99. The van der Waals surface area contributed by atoms with Gasteiger partial charge in [-0.1, -0.05) is 12.1 Å². The highest BCUT2D eigenvalue weighted by molar-refractivity contribution is 5.94. The first-order valence-electron chi connectivity index (χ1n) is 6.50. The average molecular weight is 293 g/mol. The van der Waals surface area contributed by atoms with Crippen LogP contribution in [0, 0.1) is 17.5 Å². The van der Waals surface area contributed by atoms with E-state index in [0.29, 0.717) is 12.1 Å². The van der Waals surface area contributed by atoms with E-state index in [1.165, 1.54) is 23.1 Å². The Morgan fingerprint density at radius 1 is 1.05 bits per heavy atom. The Labute approximate surface area is 120 Å². The smallest absolute Gasteiger partial charge is 0.254 e. The summed E-state index contributed by atoms with van der Waals surface area (Å²) in [5.41, 5.74) is 0.694. The van der Waals surface area contributed by atoms with Crippen molar-refractivity contribution in [1.82, 2.24) is 4.90 Å². The van der Waals surface area contributed by atoms with E-state index in [2.05, 4.69) is 0 Å². The first-order chi connectivity index (χ1) is 10.0. The van der Waals surface area contributed by atoms with E-state index in [1.807, 2.05) is 0 Å². The lowest BCUT2D eigenvalue weighted by molar-refractivity contribution is 0.0752. The number of hydrogen-bond donors (Lipinski definition) is 0. The van der Waals surface area contributed by atoms with Crippen molar-refractivity contribution in [1.29, 1.82) is 0 Å². The zero-order valence-electron chi connectivity index (χ0n) is 11.4. The highest BCUT2D eigenvalue weighted by Gasteiger charge is 2.16. The average Bonchev–Trinajstić information content (AvgIpc) is 2.47. The van der Waals surface area contributed by atoms with E-state index >= 15 is 0 Å². The second-order valence-electron chi connectivity index (χ2n) is 4.58. The molecule has 0 saturated carbocycles. The Hall–Kier alpha value is -2.30. The number of hydrogen-bond acceptors (Lipinski definition) is 1. The fraction of sp³-hybridized carbons (Fsp3) is 0.188. The highest BCUT2D eigenvalue weighted by Crippen LogP contribution is 2.14. The number of benzene rings is 2. The van der Waals surface area contributed by atoms with E-state index in [0.717, 1.165) is 12.1 Å². The summed E-state index contributed by atoms with van der Waals surface area (Å²) >= 11 is 0. The quantitative estimate of drug-likeness (QED) is 0.840. The molecule has 0 N–H and O–H groups in total. The molecule has 1 amide bonds. The lowest BCUT2D eigenvalue weighted by atomic mass is 10.1. The number of carbonyl (C=O) groups excluding carboxylic acids is 1. The molecule has 0 saturated heterocycles. The third kappa shape index (κ3) is 3.62. The van der Waals surface area contributed by atoms with Gasteiger partial charge in [-0.15, -0.1) is 0 Å². The minimum Gasteiger partial charge on any atom is -0.335 e. The largest absolute Gasteiger partial charge is 0.335 e. The van der Waals surface area contributed by atoms with Crippen molar-refractivity contribution >= 4 is 5.91 Å². The molecular formula is C16H14F3NO. The van der Waals surface area contributed by atoms with E-state index < -0.39 is 17.5 Å². The second-order valence-corrected chi connectivity index (χ2v) is 4.58. The highest BCUT2D eigenvalue weighted by atomic mass is 19.2. The molecule has 2 rings (SSSR count). The molecule has 2 nitrogen and oxygen atoms in total. The Bertz CT molecular complexity index is 658. The summed E-state index contributed by atoms with van der Waals surface area (Å²) in [6, 6.07) is 8.92. The van der Waals surface area contributed by atoms with Gasteiger partial charge in [-0.05, 0) is 42.8 Å². The van der Waals surface area contributed by atoms with Crippen LogP contribution in [0.4, 0.5) is 13.2 Å². The molecule has 110 valence electrons. The van der Waals surface area contributed by atoms with Gasteiger partial charge in [0.15, 0.2) is 11.6 Å². The second kappa shape index (κ2) is 6.43.